The molecule has 0 amide bonds. The van der Waals surface area contributed by atoms with E-state index < -0.39 is 22.4 Å². The van der Waals surface area contributed by atoms with Crippen molar-refractivity contribution in [3.05, 3.63) is 33.9 Å². The number of halogens is 3. The van der Waals surface area contributed by atoms with Gasteiger partial charge >= 0.3 is 6.18 Å². The Kier molecular flexibility index (Phi) is 4.63. The van der Waals surface area contributed by atoms with Crippen molar-refractivity contribution in [1.29, 1.82) is 0 Å². The molecule has 1 aliphatic rings. The van der Waals surface area contributed by atoms with Crippen molar-refractivity contribution in [3.63, 3.8) is 0 Å². The van der Waals surface area contributed by atoms with Gasteiger partial charge in [0.05, 0.1) is 23.7 Å². The zero-order chi connectivity index (χ0) is 15.5. The average Bonchev–Trinajstić information content (AvgIpc) is 2.90. The van der Waals surface area contributed by atoms with Crippen LogP contribution in [-0.2, 0) is 15.8 Å². The highest BCUT2D eigenvalue weighted by molar-refractivity contribution is 5.61. The molecule has 1 heterocycles. The van der Waals surface area contributed by atoms with Crippen molar-refractivity contribution < 1.29 is 27.7 Å². The maximum atomic E-state index is 12.5. The number of rotatable bonds is 5. The van der Waals surface area contributed by atoms with Crippen LogP contribution in [0.15, 0.2) is 18.2 Å². The third kappa shape index (κ3) is 4.05. The maximum absolute atomic E-state index is 12.5. The first kappa shape index (κ1) is 15.5. The minimum absolute atomic E-state index is 0.119. The third-order valence-corrected chi connectivity index (χ3v) is 3.05. The van der Waals surface area contributed by atoms with Crippen LogP contribution >= 0.6 is 0 Å². The fraction of sp³-hybridized carbons (Fsp3) is 0.500. The zero-order valence-corrected chi connectivity index (χ0v) is 10.9. The van der Waals surface area contributed by atoms with E-state index in [1.54, 1.807) is 0 Å². The van der Waals surface area contributed by atoms with E-state index in [0.717, 1.165) is 18.6 Å². The SMILES string of the molecule is O=[N+]([O-])c1cc(C(F)(F)F)ccc1NOCC1CCOC1. The van der Waals surface area contributed by atoms with Crippen LogP contribution in [0, 0.1) is 16.0 Å². The molecule has 2 rings (SSSR count). The Morgan fingerprint density at radius 2 is 2.24 bits per heavy atom. The molecule has 0 bridgehead atoms. The van der Waals surface area contributed by atoms with E-state index in [9.17, 15) is 23.3 Å². The summed E-state index contributed by atoms with van der Waals surface area (Å²) >= 11 is 0. The predicted octanol–water partition coefficient (Wildman–Crippen LogP) is 2.99. The van der Waals surface area contributed by atoms with Crippen molar-refractivity contribution in [2.45, 2.75) is 12.6 Å². The fourth-order valence-electron chi connectivity index (χ4n) is 1.90. The largest absolute Gasteiger partial charge is 0.416 e. The minimum atomic E-state index is -4.63. The highest BCUT2D eigenvalue weighted by Gasteiger charge is 2.33. The summed E-state index contributed by atoms with van der Waals surface area (Å²) in [7, 11) is 0. The van der Waals surface area contributed by atoms with Crippen LogP contribution in [0.4, 0.5) is 24.5 Å². The highest BCUT2D eigenvalue weighted by Crippen LogP contribution is 2.35. The first-order valence-electron chi connectivity index (χ1n) is 6.19. The topological polar surface area (TPSA) is 73.6 Å². The number of nitro groups is 1. The summed E-state index contributed by atoms with van der Waals surface area (Å²) in [4.78, 5) is 15.1. The molecule has 9 heteroatoms. The quantitative estimate of drug-likeness (QED) is 0.668. The Labute approximate surface area is 117 Å². The van der Waals surface area contributed by atoms with Gasteiger partial charge in [-0.3, -0.25) is 20.4 Å². The molecule has 1 aliphatic heterocycles. The molecule has 0 aromatic heterocycles. The number of alkyl halides is 3. The van der Waals surface area contributed by atoms with E-state index in [-0.39, 0.29) is 18.2 Å². The van der Waals surface area contributed by atoms with Crippen LogP contribution in [0.1, 0.15) is 12.0 Å². The predicted molar refractivity (Wildman–Crippen MR) is 66.6 cm³/mol. The second-order valence-electron chi connectivity index (χ2n) is 4.63. The molecule has 116 valence electrons. The van der Waals surface area contributed by atoms with Crippen LogP contribution in [0.3, 0.4) is 0 Å². The Balaban J connectivity index is 2.05. The first-order valence-corrected chi connectivity index (χ1v) is 6.19. The molecule has 6 nitrogen and oxygen atoms in total. The monoisotopic (exact) mass is 306 g/mol. The van der Waals surface area contributed by atoms with Crippen LogP contribution < -0.4 is 5.48 Å². The van der Waals surface area contributed by atoms with Crippen LogP contribution in [0.2, 0.25) is 0 Å². The number of nitro benzene ring substituents is 1. The first-order chi connectivity index (χ1) is 9.88. The van der Waals surface area contributed by atoms with Crippen molar-refractivity contribution in [2.75, 3.05) is 25.3 Å². The Bertz CT molecular complexity index is 516. The standard InChI is InChI=1S/C12H13F3N2O4/c13-12(14,15)9-1-2-10(11(5-9)17(18)19)16-21-7-8-3-4-20-6-8/h1-2,5,8,16H,3-4,6-7H2. The molecule has 0 aliphatic carbocycles. The number of nitrogens with zero attached hydrogens (tertiary/aromatic N) is 1. The lowest BCUT2D eigenvalue weighted by molar-refractivity contribution is -0.384. The van der Waals surface area contributed by atoms with Gasteiger partial charge in [-0.1, -0.05) is 0 Å². The fourth-order valence-corrected chi connectivity index (χ4v) is 1.90. The third-order valence-electron chi connectivity index (χ3n) is 3.05. The summed E-state index contributed by atoms with van der Waals surface area (Å²) in [6.07, 6.45) is -3.82. The zero-order valence-electron chi connectivity index (χ0n) is 10.9. The molecule has 1 aromatic carbocycles. The van der Waals surface area contributed by atoms with Gasteiger partial charge in [-0.2, -0.15) is 13.2 Å². The van der Waals surface area contributed by atoms with E-state index in [1.807, 2.05) is 0 Å². The van der Waals surface area contributed by atoms with Crippen LogP contribution in [0.5, 0.6) is 0 Å². The van der Waals surface area contributed by atoms with Gasteiger partial charge in [0.25, 0.3) is 5.69 Å². The van der Waals surface area contributed by atoms with Crippen molar-refractivity contribution >= 4 is 11.4 Å². The van der Waals surface area contributed by atoms with E-state index in [4.69, 9.17) is 9.57 Å². The number of ether oxygens (including phenoxy) is 1. The summed E-state index contributed by atoms with van der Waals surface area (Å²) in [6, 6.07) is 2.22. The number of benzene rings is 1. The molecule has 0 saturated carbocycles. The van der Waals surface area contributed by atoms with Crippen molar-refractivity contribution in [1.82, 2.24) is 0 Å². The summed E-state index contributed by atoms with van der Waals surface area (Å²) < 4.78 is 42.7. The minimum Gasteiger partial charge on any atom is -0.381 e. The van der Waals surface area contributed by atoms with Gasteiger partial charge < -0.3 is 4.74 Å². The van der Waals surface area contributed by atoms with Crippen molar-refractivity contribution in [3.8, 4) is 0 Å². The molecule has 1 atom stereocenters. The molecule has 0 spiro atoms. The average molecular weight is 306 g/mol. The highest BCUT2D eigenvalue weighted by atomic mass is 19.4. The lowest BCUT2D eigenvalue weighted by atomic mass is 10.1. The molecule has 21 heavy (non-hydrogen) atoms. The van der Waals surface area contributed by atoms with Gasteiger partial charge in [-0.05, 0) is 18.6 Å². The van der Waals surface area contributed by atoms with Gasteiger partial charge in [0.15, 0.2) is 0 Å². The van der Waals surface area contributed by atoms with Crippen LogP contribution in [-0.4, -0.2) is 24.7 Å². The summed E-state index contributed by atoms with van der Waals surface area (Å²) in [5, 5.41) is 10.8. The van der Waals surface area contributed by atoms with Gasteiger partial charge in [-0.25, -0.2) is 0 Å². The molecular formula is C12H13F3N2O4. The lowest BCUT2D eigenvalue weighted by Gasteiger charge is -2.12. The lowest BCUT2D eigenvalue weighted by Crippen LogP contribution is -2.14. The summed E-state index contributed by atoms with van der Waals surface area (Å²) in [5.41, 5.74) is 0.450. The molecule has 0 radical (unpaired) electrons. The van der Waals surface area contributed by atoms with Crippen molar-refractivity contribution in [2.24, 2.45) is 5.92 Å². The van der Waals surface area contributed by atoms with Gasteiger partial charge in [0.2, 0.25) is 0 Å². The molecular weight excluding hydrogens is 293 g/mol. The van der Waals surface area contributed by atoms with E-state index >= 15 is 0 Å². The van der Waals surface area contributed by atoms with Gasteiger partial charge in [-0.15, -0.1) is 0 Å². The Hall–Kier alpha value is -1.87. The number of hydrogen-bond acceptors (Lipinski definition) is 5. The number of anilines is 1. The van der Waals surface area contributed by atoms with E-state index in [0.29, 0.717) is 19.3 Å². The maximum Gasteiger partial charge on any atom is 0.416 e. The molecule has 1 unspecified atom stereocenters. The van der Waals surface area contributed by atoms with E-state index in [1.165, 1.54) is 0 Å². The second-order valence-corrected chi connectivity index (χ2v) is 4.63. The molecule has 1 aromatic rings. The Morgan fingerprint density at radius 3 is 2.81 bits per heavy atom. The molecule has 1 fully saturated rings. The second kappa shape index (κ2) is 6.27. The van der Waals surface area contributed by atoms with E-state index in [2.05, 4.69) is 5.48 Å². The smallest absolute Gasteiger partial charge is 0.381 e. The molecule has 1 N–H and O–H groups in total. The van der Waals surface area contributed by atoms with Gasteiger partial charge in [0.1, 0.15) is 5.69 Å². The van der Waals surface area contributed by atoms with Gasteiger partial charge in [0, 0.05) is 18.6 Å². The Morgan fingerprint density at radius 1 is 1.48 bits per heavy atom. The van der Waals surface area contributed by atoms with Crippen LogP contribution in [0.25, 0.3) is 0 Å². The normalized spacial score (nSPS) is 18.7. The molecule has 1 saturated heterocycles. The number of nitrogens with one attached hydrogen (secondary N) is 1. The summed E-state index contributed by atoms with van der Waals surface area (Å²) in [6.45, 7) is 1.43. The number of hydrogen-bond donors (Lipinski definition) is 1. The summed E-state index contributed by atoms with van der Waals surface area (Å²) in [5.74, 6) is 0.172.